The molecule has 1 aliphatic rings. The second-order valence-electron chi connectivity index (χ2n) is 8.85. The smallest absolute Gasteiger partial charge is 0.269 e. The zero-order valence-electron chi connectivity index (χ0n) is 18.3. The first-order valence-electron chi connectivity index (χ1n) is 10.7. The Kier molecular flexibility index (Phi) is 5.54. The number of hydrogen-bond donors (Lipinski definition) is 2. The number of amides is 1. The highest BCUT2D eigenvalue weighted by molar-refractivity contribution is 5.90. The highest BCUT2D eigenvalue weighted by Gasteiger charge is 2.24. The highest BCUT2D eigenvalue weighted by Crippen LogP contribution is 2.34. The van der Waals surface area contributed by atoms with Crippen LogP contribution in [-0.2, 0) is 5.41 Å². The van der Waals surface area contributed by atoms with Gasteiger partial charge in [0, 0.05) is 11.1 Å². The molecule has 0 unspecified atom stereocenters. The molecule has 1 aliphatic carbocycles. The van der Waals surface area contributed by atoms with Gasteiger partial charge in [0.2, 0.25) is 0 Å². The number of aryl methyl sites for hydroxylation is 1. The molecule has 1 atom stereocenters. The van der Waals surface area contributed by atoms with E-state index >= 15 is 0 Å². The van der Waals surface area contributed by atoms with Crippen LogP contribution in [0.3, 0.4) is 0 Å². The van der Waals surface area contributed by atoms with E-state index in [1.807, 2.05) is 19.1 Å². The van der Waals surface area contributed by atoms with Crippen LogP contribution in [0.15, 0.2) is 60.7 Å². The van der Waals surface area contributed by atoms with Crippen molar-refractivity contribution in [2.75, 3.05) is 0 Å². The number of nitrogens with two attached hydrogens (primary N) is 1. The van der Waals surface area contributed by atoms with E-state index in [1.54, 1.807) is 10.7 Å². The predicted molar refractivity (Wildman–Crippen MR) is 123 cm³/mol. The van der Waals surface area contributed by atoms with E-state index in [0.29, 0.717) is 0 Å². The monoisotopic (exact) mass is 415 g/mol. The highest BCUT2D eigenvalue weighted by atomic mass is 16.3. The first-order chi connectivity index (χ1) is 14.8. The van der Waals surface area contributed by atoms with Crippen molar-refractivity contribution in [3.05, 3.63) is 88.8 Å². The molecule has 4 rings (SSSR count). The molecule has 0 spiro atoms. The maximum Gasteiger partial charge on any atom is 0.269 e. The summed E-state index contributed by atoms with van der Waals surface area (Å²) < 4.78 is 1.74. The number of aromatic nitrogens is 2. The molecule has 0 bridgehead atoms. The lowest BCUT2D eigenvalue weighted by Crippen LogP contribution is -2.19. The molecule has 0 fully saturated rings. The molecule has 5 heteroatoms. The Morgan fingerprint density at radius 2 is 1.71 bits per heavy atom. The first kappa shape index (κ1) is 21.1. The van der Waals surface area contributed by atoms with Crippen LogP contribution in [0.5, 0.6) is 0 Å². The van der Waals surface area contributed by atoms with E-state index in [4.69, 9.17) is 5.73 Å². The van der Waals surface area contributed by atoms with E-state index in [1.165, 1.54) is 22.3 Å². The number of benzene rings is 2. The van der Waals surface area contributed by atoms with Gasteiger partial charge in [0.05, 0.1) is 11.8 Å². The van der Waals surface area contributed by atoms with Gasteiger partial charge >= 0.3 is 0 Å². The number of nitrogens with zero attached hydrogens (tertiary/aromatic N) is 2. The van der Waals surface area contributed by atoms with E-state index < -0.39 is 5.91 Å². The minimum Gasteiger partial charge on any atom is -0.393 e. The fourth-order valence-corrected chi connectivity index (χ4v) is 4.23. The quantitative estimate of drug-likeness (QED) is 0.642. The molecule has 0 aliphatic heterocycles. The van der Waals surface area contributed by atoms with E-state index in [0.717, 1.165) is 30.6 Å². The number of aliphatic hydroxyl groups is 1. The van der Waals surface area contributed by atoms with Crippen LogP contribution in [-0.4, -0.2) is 26.9 Å². The van der Waals surface area contributed by atoms with Gasteiger partial charge in [-0.05, 0) is 66.6 Å². The van der Waals surface area contributed by atoms with Crippen LogP contribution >= 0.6 is 0 Å². The van der Waals surface area contributed by atoms with Gasteiger partial charge in [-0.3, -0.25) is 4.79 Å². The third-order valence-corrected chi connectivity index (χ3v) is 6.33. The zero-order valence-corrected chi connectivity index (χ0v) is 18.3. The lowest BCUT2D eigenvalue weighted by atomic mass is 9.77. The molecule has 0 saturated heterocycles. The summed E-state index contributed by atoms with van der Waals surface area (Å²) >= 11 is 0. The van der Waals surface area contributed by atoms with Gasteiger partial charge in [0.15, 0.2) is 5.69 Å². The standard InChI is InChI=1S/C26H29N3O2/c1-17-16-24(25(27)31)28-29(17)22-12-10-21(11-13-22)26(2,3)20-8-4-18(5-9-20)19-6-14-23(30)15-7-19/h4-6,8-13,16,23,30H,7,14-15H2,1-3H3,(H2,27,31)/t23-/m1/s1. The molecule has 3 aromatic rings. The summed E-state index contributed by atoms with van der Waals surface area (Å²) in [6, 6.07) is 18.7. The van der Waals surface area contributed by atoms with Crippen molar-refractivity contribution >= 4 is 11.5 Å². The Labute approximate surface area is 183 Å². The third-order valence-electron chi connectivity index (χ3n) is 6.33. The van der Waals surface area contributed by atoms with Gasteiger partial charge in [-0.15, -0.1) is 0 Å². The lowest BCUT2D eigenvalue weighted by molar-refractivity contribution is 0.0995. The Morgan fingerprint density at radius 3 is 2.23 bits per heavy atom. The largest absolute Gasteiger partial charge is 0.393 e. The fraction of sp³-hybridized carbons (Fsp3) is 0.308. The van der Waals surface area contributed by atoms with Crippen molar-refractivity contribution in [3.8, 4) is 5.69 Å². The van der Waals surface area contributed by atoms with Gasteiger partial charge in [-0.2, -0.15) is 5.10 Å². The Balaban J connectivity index is 1.57. The molecule has 160 valence electrons. The van der Waals surface area contributed by atoms with Crippen LogP contribution in [0.25, 0.3) is 11.3 Å². The average Bonchev–Trinajstić information content (AvgIpc) is 3.16. The minimum atomic E-state index is -0.525. The van der Waals surface area contributed by atoms with Gasteiger partial charge in [-0.25, -0.2) is 4.68 Å². The summed E-state index contributed by atoms with van der Waals surface area (Å²) in [6.45, 7) is 6.34. The molecule has 1 heterocycles. The summed E-state index contributed by atoms with van der Waals surface area (Å²) in [5.41, 5.74) is 12.2. The zero-order chi connectivity index (χ0) is 22.2. The number of aliphatic hydroxyl groups excluding tert-OH is 1. The van der Waals surface area contributed by atoms with Gasteiger partial charge < -0.3 is 10.8 Å². The normalized spacial score (nSPS) is 16.8. The molecular formula is C26H29N3O2. The van der Waals surface area contributed by atoms with E-state index in [9.17, 15) is 9.90 Å². The molecule has 3 N–H and O–H groups in total. The Morgan fingerprint density at radius 1 is 1.10 bits per heavy atom. The lowest BCUT2D eigenvalue weighted by Gasteiger charge is -2.27. The van der Waals surface area contributed by atoms with Crippen molar-refractivity contribution in [3.63, 3.8) is 0 Å². The number of allylic oxidation sites excluding steroid dienone is 1. The van der Waals surface area contributed by atoms with Crippen LogP contribution in [0.4, 0.5) is 0 Å². The second-order valence-corrected chi connectivity index (χ2v) is 8.85. The topological polar surface area (TPSA) is 81.1 Å². The van der Waals surface area contributed by atoms with Crippen molar-refractivity contribution in [1.82, 2.24) is 9.78 Å². The average molecular weight is 416 g/mol. The third kappa shape index (κ3) is 4.19. The maximum absolute atomic E-state index is 11.4. The van der Waals surface area contributed by atoms with Gasteiger partial charge in [0.25, 0.3) is 5.91 Å². The van der Waals surface area contributed by atoms with Crippen LogP contribution in [0.2, 0.25) is 0 Å². The Bertz CT molecular complexity index is 1120. The molecular weight excluding hydrogens is 386 g/mol. The molecule has 5 nitrogen and oxygen atoms in total. The molecule has 0 radical (unpaired) electrons. The molecule has 2 aromatic carbocycles. The number of hydrogen-bond acceptors (Lipinski definition) is 3. The van der Waals surface area contributed by atoms with Gasteiger partial charge in [0.1, 0.15) is 0 Å². The van der Waals surface area contributed by atoms with Crippen molar-refractivity contribution in [1.29, 1.82) is 0 Å². The maximum atomic E-state index is 11.4. The van der Waals surface area contributed by atoms with Crippen molar-refractivity contribution < 1.29 is 9.90 Å². The minimum absolute atomic E-state index is 0.161. The predicted octanol–water partition coefficient (Wildman–Crippen LogP) is 4.53. The summed E-state index contributed by atoms with van der Waals surface area (Å²) in [4.78, 5) is 11.4. The summed E-state index contributed by atoms with van der Waals surface area (Å²) in [7, 11) is 0. The van der Waals surface area contributed by atoms with Crippen LogP contribution in [0, 0.1) is 6.92 Å². The fourth-order valence-electron chi connectivity index (χ4n) is 4.23. The van der Waals surface area contributed by atoms with E-state index in [-0.39, 0.29) is 17.2 Å². The number of carbonyl (C=O) groups excluding carboxylic acids is 1. The van der Waals surface area contributed by atoms with Crippen molar-refractivity contribution in [2.24, 2.45) is 5.73 Å². The molecule has 31 heavy (non-hydrogen) atoms. The van der Waals surface area contributed by atoms with E-state index in [2.05, 4.69) is 61.4 Å². The first-order valence-corrected chi connectivity index (χ1v) is 10.7. The number of primary amides is 1. The second kappa shape index (κ2) is 8.16. The van der Waals surface area contributed by atoms with Gasteiger partial charge in [-0.1, -0.05) is 56.3 Å². The van der Waals surface area contributed by atoms with Crippen molar-refractivity contribution in [2.45, 2.75) is 51.6 Å². The molecule has 1 amide bonds. The van der Waals surface area contributed by atoms with Crippen LogP contribution in [0.1, 0.15) is 66.0 Å². The molecule has 0 saturated carbocycles. The number of carbonyl (C=O) groups is 1. The summed E-state index contributed by atoms with van der Waals surface area (Å²) in [5.74, 6) is -0.525. The Hall–Kier alpha value is -3.18. The summed E-state index contributed by atoms with van der Waals surface area (Å²) in [5, 5.41) is 14.0. The number of rotatable bonds is 5. The van der Waals surface area contributed by atoms with Crippen LogP contribution < -0.4 is 5.73 Å². The summed E-state index contributed by atoms with van der Waals surface area (Å²) in [6.07, 6.45) is 4.47. The molecule has 1 aromatic heterocycles. The SMILES string of the molecule is Cc1cc(C(N)=O)nn1-c1ccc(C(C)(C)c2ccc(C3=CC[C@@H](O)CC3)cc2)cc1.